The van der Waals surface area contributed by atoms with Gasteiger partial charge in [0.2, 0.25) is 5.91 Å². The zero-order chi connectivity index (χ0) is 20.4. The average Bonchev–Trinajstić information content (AvgIpc) is 2.71. The lowest BCUT2D eigenvalue weighted by Crippen LogP contribution is -2.49. The van der Waals surface area contributed by atoms with Crippen molar-refractivity contribution in [2.45, 2.75) is 26.8 Å². The number of carbonyl (C=O) groups is 1. The minimum atomic E-state index is -0.683. The fraction of sp³-hybridized carbons (Fsp3) is 0.261. The van der Waals surface area contributed by atoms with Gasteiger partial charge in [0.05, 0.1) is 11.1 Å². The molecule has 0 fully saturated rings. The number of anilines is 1. The van der Waals surface area contributed by atoms with Gasteiger partial charge in [0, 0.05) is 38.1 Å². The molecule has 2 aromatic rings. The third kappa shape index (κ3) is 3.92. The van der Waals surface area contributed by atoms with E-state index in [0.29, 0.717) is 17.9 Å². The minimum Gasteiger partial charge on any atom is -0.426 e. The molecule has 2 heterocycles. The summed E-state index contributed by atoms with van der Waals surface area (Å²) < 4.78 is 5.79. The first kappa shape index (κ1) is 18.9. The molecule has 1 atom stereocenters. The highest BCUT2D eigenvalue weighted by molar-refractivity contribution is 6.03. The van der Waals surface area contributed by atoms with Gasteiger partial charge < -0.3 is 9.64 Å². The van der Waals surface area contributed by atoms with E-state index in [1.165, 1.54) is 11.1 Å². The fourth-order valence-electron chi connectivity index (χ4n) is 3.33. The number of rotatable bonds is 4. The molecule has 4 rings (SSSR count). The van der Waals surface area contributed by atoms with Gasteiger partial charge in [-0.3, -0.25) is 15.1 Å². The molecule has 0 bridgehead atoms. The lowest BCUT2D eigenvalue weighted by molar-refractivity contribution is -0.127. The Hall–Kier alpha value is -3.41. The quantitative estimate of drug-likeness (QED) is 0.866. The Balaban J connectivity index is 1.44. The van der Waals surface area contributed by atoms with Crippen molar-refractivity contribution >= 4 is 23.8 Å². The zero-order valence-corrected chi connectivity index (χ0v) is 16.8. The number of fused-ring (bicyclic) bond motifs is 1. The average molecular weight is 388 g/mol. The predicted molar refractivity (Wildman–Crippen MR) is 115 cm³/mol. The molecule has 6 nitrogen and oxygen atoms in total. The number of aryl methyl sites for hydroxylation is 1. The first-order chi connectivity index (χ1) is 13.9. The van der Waals surface area contributed by atoms with E-state index in [1.54, 1.807) is 12.4 Å². The minimum absolute atomic E-state index is 0.130. The van der Waals surface area contributed by atoms with E-state index in [4.69, 9.17) is 4.74 Å². The van der Waals surface area contributed by atoms with Gasteiger partial charge >= 0.3 is 6.02 Å². The molecule has 0 radical (unpaired) electrons. The highest BCUT2D eigenvalue weighted by Gasteiger charge is 2.42. The number of nitrogens with zero attached hydrogens (tertiary/aromatic N) is 3. The maximum Gasteiger partial charge on any atom is 0.302 e. The van der Waals surface area contributed by atoms with Gasteiger partial charge in [-0.2, -0.15) is 4.99 Å². The molecule has 29 heavy (non-hydrogen) atoms. The van der Waals surface area contributed by atoms with Crippen LogP contribution in [-0.2, 0) is 11.3 Å². The van der Waals surface area contributed by atoms with E-state index >= 15 is 0 Å². The second kappa shape index (κ2) is 7.54. The van der Waals surface area contributed by atoms with Crippen LogP contribution < -0.4 is 15.0 Å². The Morgan fingerprint density at radius 2 is 1.86 bits per heavy atom. The molecule has 2 aromatic carbocycles. The number of amides is 1. The van der Waals surface area contributed by atoms with Crippen LogP contribution in [0.25, 0.3) is 0 Å². The molecule has 1 amide bonds. The van der Waals surface area contributed by atoms with Crippen molar-refractivity contribution in [1.82, 2.24) is 5.32 Å². The van der Waals surface area contributed by atoms with Crippen LogP contribution in [0.2, 0.25) is 0 Å². The van der Waals surface area contributed by atoms with Crippen LogP contribution in [0.1, 0.15) is 24.5 Å². The van der Waals surface area contributed by atoms with Crippen LogP contribution in [0.5, 0.6) is 5.75 Å². The number of nitrogens with one attached hydrogen (secondary N) is 1. The monoisotopic (exact) mass is 388 g/mol. The van der Waals surface area contributed by atoms with Crippen LogP contribution in [0.4, 0.5) is 5.69 Å². The van der Waals surface area contributed by atoms with Gasteiger partial charge in [-0.1, -0.05) is 29.8 Å². The third-order valence-electron chi connectivity index (χ3n) is 5.34. The molecule has 0 aliphatic carbocycles. The molecule has 0 aromatic heterocycles. The standard InChI is InChI=1S/C23H24N4O2/c1-16-4-6-17(7-5-16)15-27(3)18-8-10-19(11-9-18)29-22-25-20-14-24-13-12-23(20,2)21(28)26-22/h4-11,13-14H,12,15H2,1-3H3,(H,25,26,28). The van der Waals surface area contributed by atoms with Crippen molar-refractivity contribution in [3.8, 4) is 5.75 Å². The van der Waals surface area contributed by atoms with Crippen molar-refractivity contribution in [1.29, 1.82) is 0 Å². The van der Waals surface area contributed by atoms with Gasteiger partial charge in [0.15, 0.2) is 0 Å². The van der Waals surface area contributed by atoms with E-state index in [2.05, 4.69) is 58.4 Å². The van der Waals surface area contributed by atoms with E-state index in [-0.39, 0.29) is 11.9 Å². The molecule has 2 aliphatic heterocycles. The van der Waals surface area contributed by atoms with Crippen LogP contribution in [0, 0.1) is 12.3 Å². The molecular formula is C23H24N4O2. The van der Waals surface area contributed by atoms with Crippen molar-refractivity contribution in [2.75, 3.05) is 11.9 Å². The number of hydrogen-bond acceptors (Lipinski definition) is 5. The van der Waals surface area contributed by atoms with Crippen LogP contribution in [-0.4, -0.2) is 25.2 Å². The summed E-state index contributed by atoms with van der Waals surface area (Å²) in [6.45, 7) is 4.76. The van der Waals surface area contributed by atoms with Crippen LogP contribution >= 0.6 is 0 Å². The summed E-state index contributed by atoms with van der Waals surface area (Å²) >= 11 is 0. The number of ether oxygens (including phenoxy) is 1. The van der Waals surface area contributed by atoms with E-state index in [0.717, 1.165) is 12.2 Å². The van der Waals surface area contributed by atoms with Gasteiger partial charge in [-0.25, -0.2) is 0 Å². The normalized spacial score (nSPS) is 20.3. The maximum absolute atomic E-state index is 12.5. The lowest BCUT2D eigenvalue weighted by atomic mass is 9.81. The SMILES string of the molecule is Cc1ccc(CN(C)c2ccc(OC3=NC4=CN=CCC4(C)C(=O)N3)cc2)cc1. The third-order valence-corrected chi connectivity index (χ3v) is 5.34. The number of benzene rings is 2. The predicted octanol–water partition coefficient (Wildman–Crippen LogP) is 3.82. The number of carbonyl (C=O) groups excluding carboxylic acids is 1. The smallest absolute Gasteiger partial charge is 0.302 e. The molecule has 1 unspecified atom stereocenters. The Morgan fingerprint density at radius 1 is 1.14 bits per heavy atom. The van der Waals surface area contributed by atoms with Gasteiger partial charge in [-0.15, -0.1) is 0 Å². The van der Waals surface area contributed by atoms with Crippen molar-refractivity contribution in [2.24, 2.45) is 15.4 Å². The Morgan fingerprint density at radius 3 is 2.59 bits per heavy atom. The highest BCUT2D eigenvalue weighted by atomic mass is 16.5. The molecule has 1 N–H and O–H groups in total. The first-order valence-electron chi connectivity index (χ1n) is 9.61. The molecule has 6 heteroatoms. The molecular weight excluding hydrogens is 364 g/mol. The summed E-state index contributed by atoms with van der Waals surface area (Å²) in [6.07, 6.45) is 3.88. The Labute approximate surface area is 170 Å². The van der Waals surface area contributed by atoms with Crippen molar-refractivity contribution < 1.29 is 9.53 Å². The second-order valence-electron chi connectivity index (χ2n) is 7.69. The highest BCUT2D eigenvalue weighted by Crippen LogP contribution is 2.36. The molecule has 0 saturated heterocycles. The largest absolute Gasteiger partial charge is 0.426 e. The first-order valence-corrected chi connectivity index (χ1v) is 9.61. The maximum atomic E-state index is 12.5. The van der Waals surface area contributed by atoms with Gasteiger partial charge in [-0.05, 0) is 43.7 Å². The summed E-state index contributed by atoms with van der Waals surface area (Å²) in [5.74, 6) is 0.481. The van der Waals surface area contributed by atoms with E-state index < -0.39 is 5.41 Å². The summed E-state index contributed by atoms with van der Waals surface area (Å²) in [5, 5.41) is 2.76. The van der Waals surface area contributed by atoms with Crippen molar-refractivity contribution in [3.63, 3.8) is 0 Å². The van der Waals surface area contributed by atoms with Crippen LogP contribution in [0.3, 0.4) is 0 Å². The second-order valence-corrected chi connectivity index (χ2v) is 7.69. The summed E-state index contributed by atoms with van der Waals surface area (Å²) in [5.41, 5.74) is 3.52. The molecule has 0 spiro atoms. The van der Waals surface area contributed by atoms with E-state index in [1.807, 2.05) is 31.2 Å². The van der Waals surface area contributed by atoms with Gasteiger partial charge in [0.25, 0.3) is 0 Å². The summed E-state index contributed by atoms with van der Waals surface area (Å²) in [6, 6.07) is 16.4. The van der Waals surface area contributed by atoms with Crippen molar-refractivity contribution in [3.05, 3.63) is 71.6 Å². The number of amidine groups is 1. The Bertz CT molecular complexity index is 1010. The number of hydrogen-bond donors (Lipinski definition) is 1. The van der Waals surface area contributed by atoms with Gasteiger partial charge in [0.1, 0.15) is 5.75 Å². The van der Waals surface area contributed by atoms with E-state index in [9.17, 15) is 4.79 Å². The number of aliphatic imine (C=N–C) groups is 2. The topological polar surface area (TPSA) is 66.3 Å². The summed E-state index contributed by atoms with van der Waals surface area (Å²) in [4.78, 5) is 23.2. The molecule has 148 valence electrons. The molecule has 2 aliphatic rings. The molecule has 0 saturated carbocycles. The Kier molecular flexibility index (Phi) is 4.92. The summed E-state index contributed by atoms with van der Waals surface area (Å²) in [7, 11) is 2.05. The lowest BCUT2D eigenvalue weighted by Gasteiger charge is -2.32. The fourth-order valence-corrected chi connectivity index (χ4v) is 3.33. The van der Waals surface area contributed by atoms with Crippen LogP contribution in [0.15, 0.2) is 70.4 Å². The zero-order valence-electron chi connectivity index (χ0n) is 16.8.